The molecule has 5 heteroatoms. The lowest BCUT2D eigenvalue weighted by molar-refractivity contribution is 0.0392. The zero-order valence-electron chi connectivity index (χ0n) is 23.2. The van der Waals surface area contributed by atoms with Gasteiger partial charge in [0.2, 0.25) is 0 Å². The van der Waals surface area contributed by atoms with E-state index in [1.807, 2.05) is 35.2 Å². The fraction of sp³-hybridized carbons (Fsp3) is 0.441. The van der Waals surface area contributed by atoms with Gasteiger partial charge in [0.1, 0.15) is 6.61 Å². The number of likely N-dealkylation sites (tertiary alicyclic amines) is 1. The van der Waals surface area contributed by atoms with Crippen molar-refractivity contribution >= 4 is 6.09 Å². The van der Waals surface area contributed by atoms with Gasteiger partial charge >= 0.3 is 6.09 Å². The van der Waals surface area contributed by atoms with Crippen LogP contribution in [-0.4, -0.2) is 54.2 Å². The Hall–Kier alpha value is -3.15. The first-order chi connectivity index (χ1) is 19.2. The second kappa shape index (κ2) is 13.8. The fourth-order valence-electron chi connectivity index (χ4n) is 6.39. The Kier molecular flexibility index (Phi) is 9.68. The van der Waals surface area contributed by atoms with Crippen LogP contribution in [0.2, 0.25) is 0 Å². The number of amides is 1. The first-order valence-corrected chi connectivity index (χ1v) is 14.6. The molecule has 1 aliphatic carbocycles. The molecule has 3 atom stereocenters. The van der Waals surface area contributed by atoms with Crippen molar-refractivity contribution in [1.82, 2.24) is 9.80 Å². The minimum absolute atomic E-state index is 0.196. The smallest absolute Gasteiger partial charge is 0.410 e. The molecule has 5 nitrogen and oxygen atoms in total. The van der Waals surface area contributed by atoms with E-state index in [2.05, 4.69) is 72.5 Å². The molecule has 3 aromatic rings. The Labute approximate surface area is 233 Å². The molecule has 39 heavy (non-hydrogen) atoms. The number of carbonyl (C=O) groups excluding carboxylic acids is 1. The molecule has 0 bridgehead atoms. The average Bonchev–Trinajstić information content (AvgIpc) is 3.40. The van der Waals surface area contributed by atoms with Crippen molar-refractivity contribution < 1.29 is 14.3 Å². The fourth-order valence-corrected chi connectivity index (χ4v) is 6.39. The molecule has 0 radical (unpaired) electrons. The van der Waals surface area contributed by atoms with Crippen molar-refractivity contribution in [2.75, 3.05) is 26.2 Å². The maximum absolute atomic E-state index is 12.9. The number of rotatable bonds is 10. The van der Waals surface area contributed by atoms with Crippen LogP contribution in [0.5, 0.6) is 0 Å². The number of nitrogens with zero attached hydrogens (tertiary/aromatic N) is 2. The van der Waals surface area contributed by atoms with E-state index < -0.39 is 0 Å². The highest BCUT2D eigenvalue weighted by Crippen LogP contribution is 2.42. The number of piperidine rings is 1. The minimum atomic E-state index is -0.196. The predicted molar refractivity (Wildman–Crippen MR) is 155 cm³/mol. The summed E-state index contributed by atoms with van der Waals surface area (Å²) in [6.45, 7) is 6.85. The van der Waals surface area contributed by atoms with Crippen molar-refractivity contribution in [3.8, 4) is 0 Å². The molecule has 1 saturated carbocycles. The lowest BCUT2D eigenvalue weighted by Gasteiger charge is -2.39. The maximum Gasteiger partial charge on any atom is 0.410 e. The summed E-state index contributed by atoms with van der Waals surface area (Å²) in [5.41, 5.74) is 3.69. The van der Waals surface area contributed by atoms with Crippen LogP contribution >= 0.6 is 0 Å². The van der Waals surface area contributed by atoms with Crippen LogP contribution in [0.4, 0.5) is 4.79 Å². The standard InChI is InChI=1S/C34H42N2O3/c1-2-36(34(37)39-26-28-14-8-4-9-15-28)31-18-20-35(21-19-31)24-30-22-32(38-25-27-12-6-3-7-13-27)23-33(30)29-16-10-5-11-17-29/h3-17,30-33H,2,18-26H2,1H3. The number of hydrogen-bond donors (Lipinski definition) is 0. The molecule has 1 aliphatic heterocycles. The zero-order valence-corrected chi connectivity index (χ0v) is 23.2. The summed E-state index contributed by atoms with van der Waals surface area (Å²) < 4.78 is 12.1. The molecular formula is C34H42N2O3. The number of benzene rings is 3. The van der Waals surface area contributed by atoms with E-state index in [-0.39, 0.29) is 18.2 Å². The third-order valence-electron chi connectivity index (χ3n) is 8.48. The average molecular weight is 527 g/mol. The van der Waals surface area contributed by atoms with Gasteiger partial charge in [-0.25, -0.2) is 4.79 Å². The van der Waals surface area contributed by atoms with Gasteiger partial charge in [-0.1, -0.05) is 91.0 Å². The SMILES string of the molecule is CCN(C(=O)OCc1ccccc1)C1CCN(CC2CC(OCc3ccccc3)CC2c2ccccc2)CC1. The normalized spacial score (nSPS) is 22.0. The topological polar surface area (TPSA) is 42.0 Å². The number of hydrogen-bond acceptors (Lipinski definition) is 4. The molecule has 3 unspecified atom stereocenters. The van der Waals surface area contributed by atoms with E-state index in [1.54, 1.807) is 0 Å². The van der Waals surface area contributed by atoms with E-state index in [9.17, 15) is 4.79 Å². The number of ether oxygens (including phenoxy) is 2. The van der Waals surface area contributed by atoms with Crippen molar-refractivity contribution in [1.29, 1.82) is 0 Å². The molecule has 5 rings (SSSR count). The summed E-state index contributed by atoms with van der Waals surface area (Å²) in [5.74, 6) is 1.09. The second-order valence-corrected chi connectivity index (χ2v) is 11.0. The van der Waals surface area contributed by atoms with Gasteiger partial charge in [-0.05, 0) is 61.1 Å². The van der Waals surface area contributed by atoms with Crippen LogP contribution in [-0.2, 0) is 22.7 Å². The van der Waals surface area contributed by atoms with E-state index >= 15 is 0 Å². The van der Waals surface area contributed by atoms with Gasteiger partial charge < -0.3 is 19.3 Å². The summed E-state index contributed by atoms with van der Waals surface area (Å²) >= 11 is 0. The van der Waals surface area contributed by atoms with E-state index in [4.69, 9.17) is 9.47 Å². The van der Waals surface area contributed by atoms with Gasteiger partial charge in [-0.15, -0.1) is 0 Å². The third-order valence-corrected chi connectivity index (χ3v) is 8.48. The molecule has 2 aliphatic rings. The van der Waals surface area contributed by atoms with Gasteiger partial charge in [-0.2, -0.15) is 0 Å². The summed E-state index contributed by atoms with van der Waals surface area (Å²) in [7, 11) is 0. The summed E-state index contributed by atoms with van der Waals surface area (Å²) in [4.78, 5) is 17.4. The summed E-state index contributed by atoms with van der Waals surface area (Å²) in [5, 5.41) is 0. The highest BCUT2D eigenvalue weighted by Gasteiger charge is 2.38. The van der Waals surface area contributed by atoms with Crippen molar-refractivity contribution in [3.05, 3.63) is 108 Å². The van der Waals surface area contributed by atoms with E-state index in [0.29, 0.717) is 31.6 Å². The van der Waals surface area contributed by atoms with Gasteiger partial charge in [0.15, 0.2) is 0 Å². The summed E-state index contributed by atoms with van der Waals surface area (Å²) in [6.07, 6.45) is 4.25. The van der Waals surface area contributed by atoms with Crippen LogP contribution in [0, 0.1) is 5.92 Å². The van der Waals surface area contributed by atoms with Crippen LogP contribution in [0.1, 0.15) is 55.2 Å². The Morgan fingerprint density at radius 3 is 2.03 bits per heavy atom. The molecule has 1 amide bonds. The Morgan fingerprint density at radius 2 is 1.41 bits per heavy atom. The Morgan fingerprint density at radius 1 is 0.821 bits per heavy atom. The highest BCUT2D eigenvalue weighted by atomic mass is 16.6. The van der Waals surface area contributed by atoms with Crippen molar-refractivity contribution in [3.63, 3.8) is 0 Å². The summed E-state index contributed by atoms with van der Waals surface area (Å²) in [6, 6.07) is 31.6. The molecule has 3 aromatic carbocycles. The van der Waals surface area contributed by atoms with Crippen LogP contribution in [0.15, 0.2) is 91.0 Å². The molecule has 2 fully saturated rings. The van der Waals surface area contributed by atoms with Crippen LogP contribution in [0.3, 0.4) is 0 Å². The molecule has 0 N–H and O–H groups in total. The van der Waals surface area contributed by atoms with E-state index in [1.165, 1.54) is 11.1 Å². The van der Waals surface area contributed by atoms with Crippen molar-refractivity contribution in [2.24, 2.45) is 5.92 Å². The largest absolute Gasteiger partial charge is 0.445 e. The molecule has 0 spiro atoms. The zero-order chi connectivity index (χ0) is 26.9. The van der Waals surface area contributed by atoms with Gasteiger partial charge in [0, 0.05) is 32.2 Å². The lowest BCUT2D eigenvalue weighted by Crippen LogP contribution is -2.48. The van der Waals surface area contributed by atoms with E-state index in [0.717, 1.165) is 50.9 Å². The lowest BCUT2D eigenvalue weighted by atomic mass is 9.88. The van der Waals surface area contributed by atoms with Gasteiger partial charge in [0.25, 0.3) is 0 Å². The minimum Gasteiger partial charge on any atom is -0.445 e. The first-order valence-electron chi connectivity index (χ1n) is 14.6. The molecule has 1 heterocycles. The monoisotopic (exact) mass is 526 g/mol. The van der Waals surface area contributed by atoms with Gasteiger partial charge in [0.05, 0.1) is 12.7 Å². The van der Waals surface area contributed by atoms with Crippen molar-refractivity contribution in [2.45, 2.75) is 63.9 Å². The quantitative estimate of drug-likeness (QED) is 0.289. The van der Waals surface area contributed by atoms with Gasteiger partial charge in [-0.3, -0.25) is 0 Å². The maximum atomic E-state index is 12.9. The third kappa shape index (κ3) is 7.49. The Balaban J connectivity index is 1.14. The first kappa shape index (κ1) is 27.4. The predicted octanol–water partition coefficient (Wildman–Crippen LogP) is 6.89. The van der Waals surface area contributed by atoms with Crippen LogP contribution in [0.25, 0.3) is 0 Å². The number of carbonyl (C=O) groups is 1. The second-order valence-electron chi connectivity index (χ2n) is 11.0. The Bertz CT molecular complexity index is 1130. The molecule has 0 aromatic heterocycles. The molecular weight excluding hydrogens is 484 g/mol. The highest BCUT2D eigenvalue weighted by molar-refractivity contribution is 5.68. The van der Waals surface area contributed by atoms with Crippen LogP contribution < -0.4 is 0 Å². The molecule has 1 saturated heterocycles. The molecule has 206 valence electrons.